The van der Waals surface area contributed by atoms with E-state index in [1.54, 1.807) is 6.08 Å². The third-order valence-corrected chi connectivity index (χ3v) is 11.3. The molecule has 56 heavy (non-hydrogen) atoms. The quantitative estimate of drug-likeness (QED) is 0.0266. The van der Waals surface area contributed by atoms with Crippen LogP contribution in [-0.4, -0.2) is 87.5 Å². The van der Waals surface area contributed by atoms with Crippen molar-refractivity contribution in [3.63, 3.8) is 0 Å². The van der Waals surface area contributed by atoms with Crippen LogP contribution in [-0.2, 0) is 14.3 Å². The van der Waals surface area contributed by atoms with E-state index in [0.717, 1.165) is 38.5 Å². The van der Waals surface area contributed by atoms with Crippen molar-refractivity contribution in [3.8, 4) is 0 Å². The van der Waals surface area contributed by atoms with Crippen molar-refractivity contribution in [1.82, 2.24) is 5.32 Å². The molecule has 0 spiro atoms. The Morgan fingerprint density at radius 2 is 1.02 bits per heavy atom. The van der Waals surface area contributed by atoms with E-state index in [2.05, 4.69) is 31.3 Å². The van der Waals surface area contributed by atoms with Crippen LogP contribution in [0.25, 0.3) is 0 Å². The number of ether oxygens (including phenoxy) is 2. The number of nitrogens with one attached hydrogen (secondary N) is 1. The van der Waals surface area contributed by atoms with Crippen molar-refractivity contribution in [1.29, 1.82) is 0 Å². The summed E-state index contributed by atoms with van der Waals surface area (Å²) in [6.45, 7) is 3.71. The van der Waals surface area contributed by atoms with E-state index in [4.69, 9.17) is 9.47 Å². The molecular formula is C47H89NO8. The number of aliphatic hydroxyl groups excluding tert-OH is 5. The zero-order chi connectivity index (χ0) is 40.9. The molecule has 1 rings (SSSR count). The lowest BCUT2D eigenvalue weighted by atomic mass is 9.99. The second-order valence-electron chi connectivity index (χ2n) is 16.5. The van der Waals surface area contributed by atoms with E-state index in [9.17, 15) is 30.3 Å². The van der Waals surface area contributed by atoms with Gasteiger partial charge in [-0.1, -0.05) is 199 Å². The molecule has 0 aromatic carbocycles. The molecule has 9 nitrogen and oxygen atoms in total. The molecule has 9 heteroatoms. The lowest BCUT2D eigenvalue weighted by Crippen LogP contribution is -2.60. The Bertz CT molecular complexity index is 930. The SMILES string of the molecule is CCCCCCCCCCCCCCCCCCCCCC/C=C/CC/C=C/C(O)C(COC1OC(CO)C(O)C(O)C1O)NC(=O)CCCCCCCCC. The van der Waals surface area contributed by atoms with Crippen molar-refractivity contribution in [2.45, 2.75) is 256 Å². The molecule has 0 radical (unpaired) electrons. The van der Waals surface area contributed by atoms with Crippen LogP contribution in [0.4, 0.5) is 0 Å². The fourth-order valence-corrected chi connectivity index (χ4v) is 7.47. The molecule has 1 fully saturated rings. The van der Waals surface area contributed by atoms with Crippen molar-refractivity contribution < 1.29 is 39.8 Å². The topological polar surface area (TPSA) is 149 Å². The van der Waals surface area contributed by atoms with Gasteiger partial charge in [-0.2, -0.15) is 0 Å². The summed E-state index contributed by atoms with van der Waals surface area (Å²) >= 11 is 0. The van der Waals surface area contributed by atoms with Gasteiger partial charge in [-0.25, -0.2) is 0 Å². The van der Waals surface area contributed by atoms with Gasteiger partial charge in [0.15, 0.2) is 6.29 Å². The molecule has 0 aliphatic carbocycles. The molecule has 1 aliphatic rings. The van der Waals surface area contributed by atoms with Gasteiger partial charge in [0.05, 0.1) is 25.4 Å². The Balaban J connectivity index is 2.22. The molecule has 1 amide bonds. The molecule has 7 atom stereocenters. The first-order chi connectivity index (χ1) is 27.3. The minimum Gasteiger partial charge on any atom is -0.394 e. The van der Waals surface area contributed by atoms with Crippen LogP contribution in [0, 0.1) is 0 Å². The zero-order valence-electron chi connectivity index (χ0n) is 36.1. The van der Waals surface area contributed by atoms with E-state index < -0.39 is 49.5 Å². The first kappa shape index (κ1) is 52.7. The molecule has 0 aromatic rings. The van der Waals surface area contributed by atoms with Gasteiger partial charge in [0, 0.05) is 6.42 Å². The van der Waals surface area contributed by atoms with Crippen LogP contribution in [0.15, 0.2) is 24.3 Å². The number of carbonyl (C=O) groups excluding carboxylic acids is 1. The van der Waals surface area contributed by atoms with E-state index >= 15 is 0 Å². The predicted molar refractivity (Wildman–Crippen MR) is 230 cm³/mol. The lowest BCUT2D eigenvalue weighted by molar-refractivity contribution is -0.302. The Morgan fingerprint density at radius 3 is 1.50 bits per heavy atom. The van der Waals surface area contributed by atoms with Gasteiger partial charge in [0.1, 0.15) is 24.4 Å². The fraction of sp³-hybridized carbons (Fsp3) is 0.894. The highest BCUT2D eigenvalue weighted by Gasteiger charge is 2.44. The Morgan fingerprint density at radius 1 is 0.589 bits per heavy atom. The molecule has 330 valence electrons. The largest absolute Gasteiger partial charge is 0.394 e. The standard InChI is InChI=1S/C47H89NO8/c1-3-5-7-9-11-12-13-14-15-16-17-18-19-20-21-22-23-24-25-26-27-28-29-31-32-34-36-41(50)40(48-43(51)37-35-33-30-10-8-6-4-2)39-55-47-46(54)45(53)44(52)42(38-49)56-47/h28-29,34,36,40-42,44-47,49-50,52-54H,3-27,30-33,35,37-39H2,1-2H3,(H,48,51)/b29-28+,36-34+. The summed E-state index contributed by atoms with van der Waals surface area (Å²) in [4.78, 5) is 12.8. The fourth-order valence-electron chi connectivity index (χ4n) is 7.47. The van der Waals surface area contributed by atoms with E-state index in [0.29, 0.717) is 6.42 Å². The summed E-state index contributed by atoms with van der Waals surface area (Å²) in [6.07, 6.45) is 38.4. The normalized spacial score (nSPS) is 21.3. The molecule has 7 unspecified atom stereocenters. The molecule has 6 N–H and O–H groups in total. The molecule has 0 aromatic heterocycles. The maximum Gasteiger partial charge on any atom is 0.220 e. The first-order valence-electron chi connectivity index (χ1n) is 23.6. The van der Waals surface area contributed by atoms with Gasteiger partial charge in [-0.15, -0.1) is 0 Å². The van der Waals surface area contributed by atoms with Crippen LogP contribution >= 0.6 is 0 Å². The monoisotopic (exact) mass is 796 g/mol. The molecule has 1 aliphatic heterocycles. The number of unbranched alkanes of at least 4 members (excludes halogenated alkanes) is 27. The highest BCUT2D eigenvalue weighted by atomic mass is 16.7. The van der Waals surface area contributed by atoms with Crippen LogP contribution in [0.2, 0.25) is 0 Å². The number of carbonyl (C=O) groups is 1. The average Bonchev–Trinajstić information content (AvgIpc) is 3.20. The van der Waals surface area contributed by atoms with Gasteiger partial charge in [0.2, 0.25) is 5.91 Å². The van der Waals surface area contributed by atoms with Gasteiger partial charge in [0.25, 0.3) is 0 Å². The van der Waals surface area contributed by atoms with Crippen molar-refractivity contribution in [2.24, 2.45) is 0 Å². The van der Waals surface area contributed by atoms with Crippen molar-refractivity contribution in [3.05, 3.63) is 24.3 Å². The van der Waals surface area contributed by atoms with Crippen molar-refractivity contribution >= 4 is 5.91 Å². The zero-order valence-corrected chi connectivity index (χ0v) is 36.1. The number of amides is 1. The first-order valence-corrected chi connectivity index (χ1v) is 23.6. The van der Waals surface area contributed by atoms with Crippen molar-refractivity contribution in [2.75, 3.05) is 13.2 Å². The third-order valence-electron chi connectivity index (χ3n) is 11.3. The van der Waals surface area contributed by atoms with E-state index in [1.807, 2.05) is 6.08 Å². The molecule has 1 heterocycles. The lowest BCUT2D eigenvalue weighted by Gasteiger charge is -2.40. The average molecular weight is 796 g/mol. The number of aliphatic hydroxyl groups is 5. The minimum absolute atomic E-state index is 0.193. The number of hydrogen-bond acceptors (Lipinski definition) is 8. The van der Waals surface area contributed by atoms with Gasteiger partial charge < -0.3 is 40.3 Å². The Kier molecular flexibility index (Phi) is 35.7. The van der Waals surface area contributed by atoms with Gasteiger partial charge in [-0.3, -0.25) is 4.79 Å². The van der Waals surface area contributed by atoms with E-state index in [1.165, 1.54) is 154 Å². The van der Waals surface area contributed by atoms with Crippen LogP contribution in [0.5, 0.6) is 0 Å². The Hall–Kier alpha value is -1.33. The Labute approximate surface area is 343 Å². The predicted octanol–water partition coefficient (Wildman–Crippen LogP) is 9.89. The second kappa shape index (κ2) is 37.9. The summed E-state index contributed by atoms with van der Waals surface area (Å²) in [5.74, 6) is -0.193. The maximum absolute atomic E-state index is 12.8. The minimum atomic E-state index is -1.57. The smallest absolute Gasteiger partial charge is 0.220 e. The highest BCUT2D eigenvalue weighted by Crippen LogP contribution is 2.23. The van der Waals surface area contributed by atoms with Crippen LogP contribution in [0.3, 0.4) is 0 Å². The molecule has 0 saturated carbocycles. The maximum atomic E-state index is 12.8. The second-order valence-corrected chi connectivity index (χ2v) is 16.5. The molecule has 1 saturated heterocycles. The third kappa shape index (κ3) is 28.2. The van der Waals surface area contributed by atoms with Crippen LogP contribution < -0.4 is 5.32 Å². The summed E-state index contributed by atoms with van der Waals surface area (Å²) in [5.41, 5.74) is 0. The summed E-state index contributed by atoms with van der Waals surface area (Å²) in [5, 5.41) is 53.9. The number of hydrogen-bond donors (Lipinski definition) is 6. The van der Waals surface area contributed by atoms with Gasteiger partial charge in [-0.05, 0) is 32.1 Å². The summed E-state index contributed by atoms with van der Waals surface area (Å²) in [6, 6.07) is -0.814. The molecular weight excluding hydrogens is 707 g/mol. The molecule has 0 bridgehead atoms. The number of allylic oxidation sites excluding steroid dienone is 3. The summed E-state index contributed by atoms with van der Waals surface area (Å²) in [7, 11) is 0. The van der Waals surface area contributed by atoms with Gasteiger partial charge >= 0.3 is 0 Å². The number of rotatable bonds is 39. The highest BCUT2D eigenvalue weighted by molar-refractivity contribution is 5.76. The van der Waals surface area contributed by atoms with E-state index in [-0.39, 0.29) is 12.5 Å². The van der Waals surface area contributed by atoms with Crippen LogP contribution in [0.1, 0.15) is 213 Å². The summed E-state index contributed by atoms with van der Waals surface area (Å²) < 4.78 is 11.1.